The Morgan fingerprint density at radius 3 is 2.95 bits per heavy atom. The van der Waals surface area contributed by atoms with Crippen LogP contribution in [0.1, 0.15) is 32.6 Å². The Labute approximate surface area is 113 Å². The van der Waals surface area contributed by atoms with E-state index >= 15 is 0 Å². The lowest BCUT2D eigenvalue weighted by Gasteiger charge is -2.18. The van der Waals surface area contributed by atoms with Crippen LogP contribution in [0.5, 0.6) is 0 Å². The van der Waals surface area contributed by atoms with Crippen molar-refractivity contribution < 1.29 is 0 Å². The fourth-order valence-corrected chi connectivity index (χ4v) is 2.47. The summed E-state index contributed by atoms with van der Waals surface area (Å²) in [4.78, 5) is 8.67. The summed E-state index contributed by atoms with van der Waals surface area (Å²) in [5.74, 6) is 1.82. The highest BCUT2D eigenvalue weighted by Gasteiger charge is 2.25. The van der Waals surface area contributed by atoms with Gasteiger partial charge in [0.15, 0.2) is 0 Å². The molecule has 0 amide bonds. The third-order valence-corrected chi connectivity index (χ3v) is 3.81. The van der Waals surface area contributed by atoms with E-state index in [0.717, 1.165) is 34.7 Å². The standard InChI is InChI=1S/C15H20N4/c1-2-12(7-10-3-4-10)19-15-13-8-11(16)5-6-14(13)17-9-18-15/h5-6,8-10,12H,2-4,7,16H2,1H3,(H,17,18,19). The van der Waals surface area contributed by atoms with Crippen molar-refractivity contribution in [3.63, 3.8) is 0 Å². The fraction of sp³-hybridized carbons (Fsp3) is 0.467. The quantitative estimate of drug-likeness (QED) is 0.806. The van der Waals surface area contributed by atoms with Gasteiger partial charge >= 0.3 is 0 Å². The summed E-state index contributed by atoms with van der Waals surface area (Å²) in [6, 6.07) is 6.26. The number of hydrogen-bond donors (Lipinski definition) is 2. The molecule has 1 aliphatic carbocycles. The summed E-state index contributed by atoms with van der Waals surface area (Å²) in [7, 11) is 0. The number of hydrogen-bond acceptors (Lipinski definition) is 4. The molecule has 1 fully saturated rings. The molecule has 1 aromatic heterocycles. The average Bonchev–Trinajstić information content (AvgIpc) is 3.22. The number of rotatable bonds is 5. The molecule has 2 aromatic rings. The number of nitrogen functional groups attached to an aromatic ring is 1. The lowest BCUT2D eigenvalue weighted by atomic mass is 10.1. The van der Waals surface area contributed by atoms with E-state index in [1.165, 1.54) is 19.3 Å². The monoisotopic (exact) mass is 256 g/mol. The van der Waals surface area contributed by atoms with Crippen molar-refractivity contribution in [3.8, 4) is 0 Å². The number of aromatic nitrogens is 2. The SMILES string of the molecule is CCC(CC1CC1)Nc1ncnc2ccc(N)cc12. The van der Waals surface area contributed by atoms with Crippen LogP contribution in [-0.4, -0.2) is 16.0 Å². The summed E-state index contributed by atoms with van der Waals surface area (Å²) in [5.41, 5.74) is 7.55. The molecule has 4 nitrogen and oxygen atoms in total. The molecule has 0 saturated heterocycles. The Morgan fingerprint density at radius 2 is 2.21 bits per heavy atom. The molecule has 1 unspecified atom stereocenters. The molecule has 1 aliphatic rings. The molecule has 1 aromatic carbocycles. The van der Waals surface area contributed by atoms with Gasteiger partial charge in [-0.3, -0.25) is 0 Å². The van der Waals surface area contributed by atoms with Gasteiger partial charge in [-0.15, -0.1) is 0 Å². The van der Waals surface area contributed by atoms with Crippen LogP contribution in [0.4, 0.5) is 11.5 Å². The molecule has 0 aliphatic heterocycles. The first-order valence-corrected chi connectivity index (χ1v) is 7.03. The van der Waals surface area contributed by atoms with Crippen LogP contribution < -0.4 is 11.1 Å². The van der Waals surface area contributed by atoms with Gasteiger partial charge < -0.3 is 11.1 Å². The minimum absolute atomic E-state index is 0.493. The van der Waals surface area contributed by atoms with Crippen LogP contribution in [0, 0.1) is 5.92 Å². The molecule has 1 saturated carbocycles. The topological polar surface area (TPSA) is 63.8 Å². The molecule has 0 spiro atoms. The normalized spacial score (nSPS) is 16.5. The van der Waals surface area contributed by atoms with E-state index in [1.54, 1.807) is 6.33 Å². The van der Waals surface area contributed by atoms with Gasteiger partial charge in [0.05, 0.1) is 5.52 Å². The number of nitrogens with zero attached hydrogens (tertiary/aromatic N) is 2. The third kappa shape index (κ3) is 2.78. The summed E-state index contributed by atoms with van der Waals surface area (Å²) >= 11 is 0. The molecule has 3 N–H and O–H groups in total. The molecule has 0 bridgehead atoms. The highest BCUT2D eigenvalue weighted by atomic mass is 15.0. The zero-order valence-corrected chi connectivity index (χ0v) is 11.3. The van der Waals surface area contributed by atoms with Gasteiger partial charge in [0.1, 0.15) is 12.1 Å². The Balaban J connectivity index is 1.88. The Kier molecular flexibility index (Phi) is 3.23. The van der Waals surface area contributed by atoms with Crippen LogP contribution in [0.15, 0.2) is 24.5 Å². The molecule has 1 atom stereocenters. The van der Waals surface area contributed by atoms with E-state index in [2.05, 4.69) is 22.2 Å². The fourth-order valence-electron chi connectivity index (χ4n) is 2.47. The third-order valence-electron chi connectivity index (χ3n) is 3.81. The van der Waals surface area contributed by atoms with Crippen molar-refractivity contribution >= 4 is 22.4 Å². The molecule has 0 radical (unpaired) electrons. The van der Waals surface area contributed by atoms with Crippen LogP contribution in [0.3, 0.4) is 0 Å². The van der Waals surface area contributed by atoms with Crippen molar-refractivity contribution in [1.29, 1.82) is 0 Å². The average molecular weight is 256 g/mol. The second-order valence-electron chi connectivity index (χ2n) is 5.43. The smallest absolute Gasteiger partial charge is 0.137 e. The van der Waals surface area contributed by atoms with Gasteiger partial charge in [0.2, 0.25) is 0 Å². The molecule has 3 rings (SSSR count). The van der Waals surface area contributed by atoms with Gasteiger partial charge in [0, 0.05) is 17.1 Å². The molecule has 19 heavy (non-hydrogen) atoms. The zero-order valence-electron chi connectivity index (χ0n) is 11.3. The number of benzene rings is 1. The highest BCUT2D eigenvalue weighted by Crippen LogP contribution is 2.35. The molecule has 4 heteroatoms. The van der Waals surface area contributed by atoms with E-state index in [1.807, 2.05) is 18.2 Å². The maximum atomic E-state index is 5.86. The minimum atomic E-state index is 0.493. The maximum Gasteiger partial charge on any atom is 0.137 e. The van der Waals surface area contributed by atoms with Gasteiger partial charge in [-0.2, -0.15) is 0 Å². The summed E-state index contributed by atoms with van der Waals surface area (Å²) < 4.78 is 0. The first kappa shape index (κ1) is 12.2. The van der Waals surface area contributed by atoms with E-state index in [-0.39, 0.29) is 0 Å². The molecular weight excluding hydrogens is 236 g/mol. The van der Waals surface area contributed by atoms with Crippen LogP contribution in [0.25, 0.3) is 10.9 Å². The molecular formula is C15H20N4. The van der Waals surface area contributed by atoms with Crippen molar-refractivity contribution in [1.82, 2.24) is 9.97 Å². The van der Waals surface area contributed by atoms with Gasteiger partial charge in [-0.1, -0.05) is 19.8 Å². The molecule has 100 valence electrons. The van der Waals surface area contributed by atoms with Crippen molar-refractivity contribution in [2.75, 3.05) is 11.1 Å². The first-order chi connectivity index (χ1) is 9.26. The van der Waals surface area contributed by atoms with Gasteiger partial charge in [0.25, 0.3) is 0 Å². The molecule has 1 heterocycles. The number of anilines is 2. The van der Waals surface area contributed by atoms with Crippen molar-refractivity contribution in [2.24, 2.45) is 5.92 Å². The van der Waals surface area contributed by atoms with Crippen molar-refractivity contribution in [3.05, 3.63) is 24.5 Å². The zero-order chi connectivity index (χ0) is 13.2. The van der Waals surface area contributed by atoms with E-state index in [4.69, 9.17) is 5.73 Å². The highest BCUT2D eigenvalue weighted by molar-refractivity contribution is 5.91. The maximum absolute atomic E-state index is 5.86. The van der Waals surface area contributed by atoms with Crippen LogP contribution in [0.2, 0.25) is 0 Å². The Hall–Kier alpha value is -1.84. The van der Waals surface area contributed by atoms with E-state index in [9.17, 15) is 0 Å². The number of nitrogens with two attached hydrogens (primary N) is 1. The minimum Gasteiger partial charge on any atom is -0.399 e. The lowest BCUT2D eigenvalue weighted by Crippen LogP contribution is -2.20. The summed E-state index contributed by atoms with van der Waals surface area (Å²) in [5, 5.41) is 4.57. The van der Waals surface area contributed by atoms with E-state index < -0.39 is 0 Å². The lowest BCUT2D eigenvalue weighted by molar-refractivity contribution is 0.585. The van der Waals surface area contributed by atoms with E-state index in [0.29, 0.717) is 6.04 Å². The van der Waals surface area contributed by atoms with Gasteiger partial charge in [-0.05, 0) is 37.0 Å². The predicted molar refractivity (Wildman–Crippen MR) is 79.0 cm³/mol. The van der Waals surface area contributed by atoms with Crippen LogP contribution in [-0.2, 0) is 0 Å². The summed E-state index contributed by atoms with van der Waals surface area (Å²) in [6.45, 7) is 2.22. The first-order valence-electron chi connectivity index (χ1n) is 7.03. The second kappa shape index (κ2) is 5.03. The summed E-state index contributed by atoms with van der Waals surface area (Å²) in [6.07, 6.45) is 6.74. The Bertz CT molecular complexity index is 577. The largest absolute Gasteiger partial charge is 0.399 e. The Morgan fingerprint density at radius 1 is 1.37 bits per heavy atom. The number of fused-ring (bicyclic) bond motifs is 1. The van der Waals surface area contributed by atoms with Crippen LogP contribution >= 0.6 is 0 Å². The second-order valence-corrected chi connectivity index (χ2v) is 5.43. The number of nitrogens with one attached hydrogen (secondary N) is 1. The predicted octanol–water partition coefficient (Wildman–Crippen LogP) is 3.20. The van der Waals surface area contributed by atoms with Gasteiger partial charge in [-0.25, -0.2) is 9.97 Å². The van der Waals surface area contributed by atoms with Crippen molar-refractivity contribution in [2.45, 2.75) is 38.6 Å².